The molecule has 1 aromatic carbocycles. The maximum absolute atomic E-state index is 13.4. The Balaban J connectivity index is 1.84. The predicted octanol–water partition coefficient (Wildman–Crippen LogP) is 4.31. The average molecular weight is 365 g/mol. The van der Waals surface area contributed by atoms with Crippen LogP contribution in [0.15, 0.2) is 29.1 Å². The van der Waals surface area contributed by atoms with Crippen molar-refractivity contribution in [3.63, 3.8) is 0 Å². The zero-order valence-electron chi connectivity index (χ0n) is 14.2. The van der Waals surface area contributed by atoms with Crippen molar-refractivity contribution in [1.29, 1.82) is 5.26 Å². The maximum atomic E-state index is 13.4. The monoisotopic (exact) mass is 365 g/mol. The van der Waals surface area contributed by atoms with Crippen molar-refractivity contribution in [3.05, 3.63) is 62.3 Å². The topological polar surface area (TPSA) is 69.5 Å². The Morgan fingerprint density at radius 1 is 1.50 bits per heavy atom. The van der Waals surface area contributed by atoms with Crippen molar-refractivity contribution in [2.24, 2.45) is 5.92 Å². The molecule has 0 radical (unpaired) electrons. The lowest BCUT2D eigenvalue weighted by Crippen LogP contribution is -2.14. The molecule has 0 fully saturated rings. The highest BCUT2D eigenvalue weighted by Gasteiger charge is 2.23. The summed E-state index contributed by atoms with van der Waals surface area (Å²) in [5.41, 5.74) is 1.64. The van der Waals surface area contributed by atoms with E-state index in [2.05, 4.69) is 23.0 Å². The summed E-state index contributed by atoms with van der Waals surface area (Å²) in [6.07, 6.45) is 4.46. The molecule has 0 bridgehead atoms. The molecule has 4 rings (SSSR count). The molecule has 1 N–H and O–H groups in total. The summed E-state index contributed by atoms with van der Waals surface area (Å²) >= 11 is 1.54. The van der Waals surface area contributed by atoms with Gasteiger partial charge in [-0.25, -0.2) is 9.37 Å². The molecule has 1 aliphatic rings. The standard InChI is InChI=1S/C20H16FN3OS/c1-11-5-6-15-16(7-11)26-20-17(15)19(25)23-18(24-20)13(10-22)8-12-3-2-4-14(21)9-12/h2-4,8-9,11H,5-7H2,1H3,(H,23,24,25). The Morgan fingerprint density at radius 2 is 2.35 bits per heavy atom. The van der Waals surface area contributed by atoms with E-state index in [1.54, 1.807) is 23.5 Å². The fraction of sp³-hybridized carbons (Fsp3) is 0.250. The summed E-state index contributed by atoms with van der Waals surface area (Å²) in [6, 6.07) is 8.00. The molecular formula is C20H16FN3OS. The zero-order valence-corrected chi connectivity index (χ0v) is 15.0. The molecule has 0 saturated carbocycles. The molecule has 0 saturated heterocycles. The number of hydrogen-bond acceptors (Lipinski definition) is 4. The quantitative estimate of drug-likeness (QED) is 0.688. The van der Waals surface area contributed by atoms with Crippen molar-refractivity contribution in [2.45, 2.75) is 26.2 Å². The summed E-state index contributed by atoms with van der Waals surface area (Å²) in [5, 5.41) is 10.2. The van der Waals surface area contributed by atoms with Gasteiger partial charge < -0.3 is 4.98 Å². The van der Waals surface area contributed by atoms with Crippen LogP contribution >= 0.6 is 11.3 Å². The third kappa shape index (κ3) is 2.95. The number of hydrogen-bond donors (Lipinski definition) is 1. The molecule has 130 valence electrons. The van der Waals surface area contributed by atoms with Crippen molar-refractivity contribution >= 4 is 33.2 Å². The van der Waals surface area contributed by atoms with Crippen LogP contribution in [0.25, 0.3) is 21.9 Å². The Morgan fingerprint density at radius 3 is 3.12 bits per heavy atom. The Hall–Kier alpha value is -2.78. The molecule has 26 heavy (non-hydrogen) atoms. The van der Waals surface area contributed by atoms with Crippen LogP contribution in [0, 0.1) is 23.1 Å². The average Bonchev–Trinajstić information content (AvgIpc) is 2.97. The molecule has 1 atom stereocenters. The molecule has 4 nitrogen and oxygen atoms in total. The predicted molar refractivity (Wildman–Crippen MR) is 101 cm³/mol. The third-order valence-corrected chi connectivity index (χ3v) is 5.85. The van der Waals surface area contributed by atoms with Crippen LogP contribution in [0.3, 0.4) is 0 Å². The number of nitrogens with zero attached hydrogens (tertiary/aromatic N) is 2. The van der Waals surface area contributed by atoms with Gasteiger partial charge in [-0.3, -0.25) is 4.79 Å². The van der Waals surface area contributed by atoms with Crippen LogP contribution in [0.2, 0.25) is 0 Å². The number of aromatic nitrogens is 2. The number of rotatable bonds is 2. The van der Waals surface area contributed by atoms with E-state index in [9.17, 15) is 14.4 Å². The normalized spacial score (nSPS) is 17.1. The van der Waals surface area contributed by atoms with Crippen LogP contribution in [0.5, 0.6) is 0 Å². The van der Waals surface area contributed by atoms with E-state index >= 15 is 0 Å². The number of halogens is 1. The van der Waals surface area contributed by atoms with Gasteiger partial charge in [-0.15, -0.1) is 11.3 Å². The van der Waals surface area contributed by atoms with Crippen molar-refractivity contribution in [1.82, 2.24) is 9.97 Å². The molecule has 0 aliphatic heterocycles. The van der Waals surface area contributed by atoms with Gasteiger partial charge in [0.1, 0.15) is 16.7 Å². The largest absolute Gasteiger partial charge is 0.305 e. The molecule has 0 spiro atoms. The van der Waals surface area contributed by atoms with Gasteiger partial charge in [0.05, 0.1) is 11.0 Å². The number of nitriles is 1. The van der Waals surface area contributed by atoms with Gasteiger partial charge >= 0.3 is 0 Å². The highest BCUT2D eigenvalue weighted by atomic mass is 32.1. The summed E-state index contributed by atoms with van der Waals surface area (Å²) in [4.78, 5) is 21.8. The molecule has 2 heterocycles. The fourth-order valence-corrected chi connectivity index (χ4v) is 4.78. The number of fused-ring (bicyclic) bond motifs is 3. The minimum absolute atomic E-state index is 0.203. The van der Waals surface area contributed by atoms with E-state index in [0.29, 0.717) is 21.7 Å². The SMILES string of the molecule is CC1CCc2c(sc3nc(C(C#N)=Cc4cccc(F)c4)[nH]c(=O)c23)C1. The summed E-state index contributed by atoms with van der Waals surface area (Å²) < 4.78 is 13.4. The van der Waals surface area contributed by atoms with Crippen LogP contribution in [0.4, 0.5) is 4.39 Å². The molecule has 0 amide bonds. The smallest absolute Gasteiger partial charge is 0.260 e. The van der Waals surface area contributed by atoms with Gasteiger partial charge in [0.25, 0.3) is 5.56 Å². The first-order valence-electron chi connectivity index (χ1n) is 8.47. The van der Waals surface area contributed by atoms with Gasteiger partial charge in [-0.2, -0.15) is 5.26 Å². The van der Waals surface area contributed by atoms with Crippen LogP contribution in [-0.4, -0.2) is 9.97 Å². The second kappa shape index (κ2) is 6.50. The second-order valence-corrected chi connectivity index (χ2v) is 7.75. The molecule has 6 heteroatoms. The molecule has 1 unspecified atom stereocenters. The summed E-state index contributed by atoms with van der Waals surface area (Å²) in [5.74, 6) is 0.450. The first kappa shape index (κ1) is 16.7. The molecule has 3 aromatic rings. The van der Waals surface area contributed by atoms with Crippen molar-refractivity contribution in [3.8, 4) is 6.07 Å². The molecular weight excluding hydrogens is 349 g/mol. The van der Waals surface area contributed by atoms with Crippen molar-refractivity contribution in [2.75, 3.05) is 0 Å². The number of H-pyrrole nitrogens is 1. The Kier molecular flexibility index (Phi) is 4.17. The van der Waals surface area contributed by atoms with Crippen molar-refractivity contribution < 1.29 is 4.39 Å². The van der Waals surface area contributed by atoms with E-state index < -0.39 is 0 Å². The van der Waals surface area contributed by atoms with Crippen LogP contribution < -0.4 is 5.56 Å². The number of thiophene rings is 1. The fourth-order valence-electron chi connectivity index (χ4n) is 3.39. The zero-order chi connectivity index (χ0) is 18.3. The number of aromatic amines is 1. The number of allylic oxidation sites excluding steroid dienone is 1. The minimum atomic E-state index is -0.381. The second-order valence-electron chi connectivity index (χ2n) is 6.67. The number of aryl methyl sites for hydroxylation is 1. The lowest BCUT2D eigenvalue weighted by atomic mass is 9.89. The van der Waals surface area contributed by atoms with E-state index in [1.165, 1.54) is 23.1 Å². The lowest BCUT2D eigenvalue weighted by molar-refractivity contribution is 0.509. The molecule has 1 aliphatic carbocycles. The summed E-state index contributed by atoms with van der Waals surface area (Å²) in [6.45, 7) is 2.21. The first-order valence-corrected chi connectivity index (χ1v) is 9.29. The number of nitrogens with one attached hydrogen (secondary N) is 1. The van der Waals surface area contributed by atoms with E-state index in [-0.39, 0.29) is 22.8 Å². The van der Waals surface area contributed by atoms with Crippen LogP contribution in [0.1, 0.15) is 35.2 Å². The van der Waals surface area contributed by atoms with Gasteiger partial charge in [0.2, 0.25) is 0 Å². The summed E-state index contributed by atoms with van der Waals surface area (Å²) in [7, 11) is 0. The highest BCUT2D eigenvalue weighted by molar-refractivity contribution is 7.18. The molecule has 2 aromatic heterocycles. The van der Waals surface area contributed by atoms with Gasteiger partial charge in [0.15, 0.2) is 5.82 Å². The minimum Gasteiger partial charge on any atom is -0.305 e. The van der Waals surface area contributed by atoms with Gasteiger partial charge in [0, 0.05) is 4.88 Å². The van der Waals surface area contributed by atoms with E-state index in [4.69, 9.17) is 0 Å². The van der Waals surface area contributed by atoms with Gasteiger partial charge in [-0.1, -0.05) is 19.1 Å². The first-order chi connectivity index (χ1) is 12.5. The maximum Gasteiger partial charge on any atom is 0.260 e. The lowest BCUT2D eigenvalue weighted by Gasteiger charge is -2.17. The third-order valence-electron chi connectivity index (χ3n) is 4.70. The van der Waals surface area contributed by atoms with E-state index in [0.717, 1.165) is 24.8 Å². The number of benzene rings is 1. The van der Waals surface area contributed by atoms with Gasteiger partial charge in [-0.05, 0) is 54.5 Å². The highest BCUT2D eigenvalue weighted by Crippen LogP contribution is 2.35. The van der Waals surface area contributed by atoms with Crippen LogP contribution in [-0.2, 0) is 12.8 Å². The Bertz CT molecular complexity index is 1140. The Labute approximate surface area is 153 Å². The van der Waals surface area contributed by atoms with E-state index in [1.807, 2.05) is 0 Å².